The first-order valence-electron chi connectivity index (χ1n) is 4.99. The van der Waals surface area contributed by atoms with Gasteiger partial charge in [0.05, 0.1) is 4.88 Å². The lowest BCUT2D eigenvalue weighted by atomic mass is 10.2. The molecule has 86 valence electrons. The van der Waals surface area contributed by atoms with E-state index in [1.807, 2.05) is 19.1 Å². The summed E-state index contributed by atoms with van der Waals surface area (Å²) in [5.74, 6) is 0. The number of hydrogen-bond acceptors (Lipinski definition) is 3. The van der Waals surface area contributed by atoms with Gasteiger partial charge in [0.2, 0.25) is 0 Å². The molecule has 0 fully saturated rings. The molecule has 0 bridgehead atoms. The summed E-state index contributed by atoms with van der Waals surface area (Å²) >= 11 is 7.29. The highest BCUT2D eigenvalue weighted by Crippen LogP contribution is 2.31. The van der Waals surface area contributed by atoms with E-state index in [2.05, 4.69) is 11.6 Å². The molecule has 0 aliphatic rings. The zero-order chi connectivity index (χ0) is 12.4. The quantitative estimate of drug-likeness (QED) is 0.773. The summed E-state index contributed by atoms with van der Waals surface area (Å²) < 4.78 is 0. The second kappa shape index (κ2) is 4.82. The summed E-state index contributed by atoms with van der Waals surface area (Å²) in [4.78, 5) is 16.0. The zero-order valence-corrected chi connectivity index (χ0v) is 10.8. The molecule has 4 heteroatoms. The number of thiazole rings is 1. The molecule has 0 spiro atoms. The van der Waals surface area contributed by atoms with Crippen LogP contribution in [0.15, 0.2) is 30.8 Å². The molecule has 1 aromatic heterocycles. The number of halogens is 1. The number of allylic oxidation sites excluding steroid dienone is 1. The molecule has 0 N–H and O–H groups in total. The molecular weight excluding hydrogens is 254 g/mol. The molecule has 0 saturated carbocycles. The van der Waals surface area contributed by atoms with Gasteiger partial charge < -0.3 is 0 Å². The third-order valence-corrected chi connectivity index (χ3v) is 3.78. The minimum Gasteiger partial charge on any atom is -0.296 e. The van der Waals surface area contributed by atoms with E-state index >= 15 is 0 Å². The summed E-state index contributed by atoms with van der Waals surface area (Å²) in [6.45, 7) is 5.71. The average molecular weight is 264 g/mol. The van der Waals surface area contributed by atoms with Gasteiger partial charge in [0, 0.05) is 10.6 Å². The molecule has 0 radical (unpaired) electrons. The van der Waals surface area contributed by atoms with Crippen LogP contribution in [0.1, 0.15) is 22.3 Å². The van der Waals surface area contributed by atoms with Gasteiger partial charge in [-0.05, 0) is 24.6 Å². The summed E-state index contributed by atoms with van der Waals surface area (Å²) in [6, 6.07) is 7.38. The minimum atomic E-state index is 0.451. The van der Waals surface area contributed by atoms with E-state index in [1.54, 1.807) is 12.1 Å². The third-order valence-electron chi connectivity index (χ3n) is 2.24. The van der Waals surface area contributed by atoms with Crippen molar-refractivity contribution in [1.29, 1.82) is 0 Å². The lowest BCUT2D eigenvalue weighted by Gasteiger charge is -1.95. The average Bonchev–Trinajstić information content (AvgIpc) is 2.74. The Hall–Kier alpha value is -1.45. The van der Waals surface area contributed by atoms with Gasteiger partial charge >= 0.3 is 0 Å². The Morgan fingerprint density at radius 2 is 2.06 bits per heavy atom. The van der Waals surface area contributed by atoms with Crippen LogP contribution in [0.3, 0.4) is 0 Å². The standard InChI is InChI=1S/C13H10ClNOS/c1-8(2)12-11(7-16)15-13(17-12)9-3-5-10(14)6-4-9/h3-7H,1H2,2H3. The fourth-order valence-corrected chi connectivity index (χ4v) is 2.52. The van der Waals surface area contributed by atoms with E-state index in [4.69, 9.17) is 11.6 Å². The Balaban J connectivity index is 2.50. The Morgan fingerprint density at radius 1 is 1.41 bits per heavy atom. The fraction of sp³-hybridized carbons (Fsp3) is 0.0769. The van der Waals surface area contributed by atoms with Crippen LogP contribution in [-0.4, -0.2) is 11.3 Å². The van der Waals surface area contributed by atoms with E-state index in [9.17, 15) is 4.79 Å². The molecule has 2 rings (SSSR count). The van der Waals surface area contributed by atoms with Crippen molar-refractivity contribution in [3.05, 3.63) is 46.4 Å². The van der Waals surface area contributed by atoms with Gasteiger partial charge in [-0.1, -0.05) is 30.3 Å². The van der Waals surface area contributed by atoms with Gasteiger partial charge in [-0.15, -0.1) is 11.3 Å². The van der Waals surface area contributed by atoms with Crippen molar-refractivity contribution >= 4 is 34.8 Å². The summed E-state index contributed by atoms with van der Waals surface area (Å²) in [6.07, 6.45) is 0.764. The second-order valence-corrected chi connectivity index (χ2v) is 5.07. The first-order chi connectivity index (χ1) is 8.11. The van der Waals surface area contributed by atoms with E-state index in [0.29, 0.717) is 10.7 Å². The van der Waals surface area contributed by atoms with E-state index in [0.717, 1.165) is 27.3 Å². The van der Waals surface area contributed by atoms with Crippen molar-refractivity contribution in [3.8, 4) is 10.6 Å². The summed E-state index contributed by atoms with van der Waals surface area (Å²) in [5.41, 5.74) is 2.26. The van der Waals surface area contributed by atoms with Crippen molar-refractivity contribution < 1.29 is 4.79 Å². The number of nitrogens with zero attached hydrogens (tertiary/aromatic N) is 1. The number of aromatic nitrogens is 1. The fourth-order valence-electron chi connectivity index (χ4n) is 1.43. The lowest BCUT2D eigenvalue weighted by molar-refractivity contribution is 0.111. The first kappa shape index (κ1) is 12.0. The monoisotopic (exact) mass is 263 g/mol. The lowest BCUT2D eigenvalue weighted by Crippen LogP contribution is -1.84. The topological polar surface area (TPSA) is 30.0 Å². The molecule has 0 unspecified atom stereocenters. The normalized spacial score (nSPS) is 10.2. The van der Waals surface area contributed by atoms with Gasteiger partial charge in [0.25, 0.3) is 0 Å². The van der Waals surface area contributed by atoms with Crippen molar-refractivity contribution in [2.75, 3.05) is 0 Å². The summed E-state index contributed by atoms with van der Waals surface area (Å²) in [7, 11) is 0. The Morgan fingerprint density at radius 3 is 2.53 bits per heavy atom. The van der Waals surface area contributed by atoms with Gasteiger partial charge in [-0.25, -0.2) is 4.98 Å². The second-order valence-electron chi connectivity index (χ2n) is 3.64. The molecule has 17 heavy (non-hydrogen) atoms. The molecule has 1 heterocycles. The van der Waals surface area contributed by atoms with Gasteiger partial charge in [0.15, 0.2) is 6.29 Å². The molecular formula is C13H10ClNOS. The minimum absolute atomic E-state index is 0.451. The van der Waals surface area contributed by atoms with Gasteiger partial charge in [-0.2, -0.15) is 0 Å². The van der Waals surface area contributed by atoms with Crippen LogP contribution in [0.4, 0.5) is 0 Å². The highest BCUT2D eigenvalue weighted by atomic mass is 35.5. The SMILES string of the molecule is C=C(C)c1sc(-c2ccc(Cl)cc2)nc1C=O. The molecule has 0 atom stereocenters. The number of hydrogen-bond donors (Lipinski definition) is 0. The highest BCUT2D eigenvalue weighted by Gasteiger charge is 2.12. The number of benzene rings is 1. The van der Waals surface area contributed by atoms with Crippen LogP contribution >= 0.6 is 22.9 Å². The van der Waals surface area contributed by atoms with Crippen LogP contribution in [0.25, 0.3) is 16.1 Å². The number of rotatable bonds is 3. The predicted molar refractivity (Wildman–Crippen MR) is 72.7 cm³/mol. The Bertz CT molecular complexity index is 572. The van der Waals surface area contributed by atoms with Crippen LogP contribution in [0.5, 0.6) is 0 Å². The maximum absolute atomic E-state index is 10.9. The van der Waals surface area contributed by atoms with Crippen LogP contribution in [0, 0.1) is 0 Å². The van der Waals surface area contributed by atoms with Crippen molar-refractivity contribution in [2.24, 2.45) is 0 Å². The van der Waals surface area contributed by atoms with Crippen LogP contribution < -0.4 is 0 Å². The first-order valence-corrected chi connectivity index (χ1v) is 6.19. The maximum Gasteiger partial charge on any atom is 0.169 e. The molecule has 1 aromatic carbocycles. The van der Waals surface area contributed by atoms with Crippen molar-refractivity contribution in [1.82, 2.24) is 4.98 Å². The number of carbonyl (C=O) groups excluding carboxylic acids is 1. The Kier molecular flexibility index (Phi) is 3.41. The Labute approximate surface area is 109 Å². The van der Waals surface area contributed by atoms with Gasteiger partial charge in [0.1, 0.15) is 10.7 Å². The van der Waals surface area contributed by atoms with Crippen molar-refractivity contribution in [2.45, 2.75) is 6.92 Å². The van der Waals surface area contributed by atoms with Crippen LogP contribution in [-0.2, 0) is 0 Å². The molecule has 2 nitrogen and oxygen atoms in total. The highest BCUT2D eigenvalue weighted by molar-refractivity contribution is 7.16. The molecule has 0 aliphatic heterocycles. The summed E-state index contributed by atoms with van der Waals surface area (Å²) in [5, 5.41) is 1.49. The van der Waals surface area contributed by atoms with E-state index in [1.165, 1.54) is 11.3 Å². The van der Waals surface area contributed by atoms with Crippen molar-refractivity contribution in [3.63, 3.8) is 0 Å². The number of aldehydes is 1. The number of carbonyl (C=O) groups is 1. The van der Waals surface area contributed by atoms with E-state index < -0.39 is 0 Å². The van der Waals surface area contributed by atoms with Gasteiger partial charge in [-0.3, -0.25) is 4.79 Å². The molecule has 0 amide bonds. The molecule has 2 aromatic rings. The largest absolute Gasteiger partial charge is 0.296 e. The molecule has 0 aliphatic carbocycles. The molecule has 0 saturated heterocycles. The zero-order valence-electron chi connectivity index (χ0n) is 9.24. The van der Waals surface area contributed by atoms with Crippen LogP contribution in [0.2, 0.25) is 5.02 Å². The predicted octanol–water partition coefficient (Wildman–Crippen LogP) is 4.31. The van der Waals surface area contributed by atoms with E-state index in [-0.39, 0.29) is 0 Å². The third kappa shape index (κ3) is 2.46. The maximum atomic E-state index is 10.9. The smallest absolute Gasteiger partial charge is 0.169 e.